The summed E-state index contributed by atoms with van der Waals surface area (Å²) in [5.41, 5.74) is 1.95. The number of aliphatic imine (C=N–C) groups is 1. The molecule has 0 aromatic carbocycles. The van der Waals surface area contributed by atoms with Gasteiger partial charge in [0.2, 0.25) is 5.95 Å². The van der Waals surface area contributed by atoms with Crippen LogP contribution in [-0.2, 0) is 0 Å². The Morgan fingerprint density at radius 2 is 2.25 bits per heavy atom. The molecule has 0 saturated carbocycles. The highest BCUT2D eigenvalue weighted by molar-refractivity contribution is 5.94. The summed E-state index contributed by atoms with van der Waals surface area (Å²) in [6, 6.07) is 0. The molecule has 3 N–H and O–H groups in total. The Labute approximate surface area is 135 Å². The molecular weight excluding hydrogens is 321 g/mol. The Hall–Kier alpha value is -2.97. The van der Waals surface area contributed by atoms with Crippen molar-refractivity contribution >= 4 is 35.1 Å². The molecule has 0 spiro atoms. The average molecular weight is 336 g/mol. The molecule has 0 atom stereocenters. The van der Waals surface area contributed by atoms with Crippen LogP contribution in [0.2, 0.25) is 0 Å². The maximum Gasteiger partial charge on any atom is 0.390 e. The van der Waals surface area contributed by atoms with Crippen LogP contribution in [0.4, 0.5) is 19.1 Å². The summed E-state index contributed by atoms with van der Waals surface area (Å²) in [6.07, 6.45) is 3.76. The number of allylic oxidation sites excluding steroid dienone is 3. The van der Waals surface area contributed by atoms with Gasteiger partial charge in [-0.15, -0.1) is 0 Å². The fourth-order valence-electron chi connectivity index (χ4n) is 1.92. The van der Waals surface area contributed by atoms with Crippen LogP contribution in [0.3, 0.4) is 0 Å². The van der Waals surface area contributed by atoms with E-state index < -0.39 is 12.6 Å². The molecule has 0 aliphatic carbocycles. The van der Waals surface area contributed by atoms with Crippen molar-refractivity contribution < 1.29 is 13.2 Å². The summed E-state index contributed by atoms with van der Waals surface area (Å²) in [4.78, 5) is 14.7. The van der Waals surface area contributed by atoms with E-state index in [0.29, 0.717) is 16.6 Å². The molecule has 6 nitrogen and oxygen atoms in total. The van der Waals surface area contributed by atoms with Crippen LogP contribution in [0, 0.1) is 5.41 Å². The zero-order chi connectivity index (χ0) is 17.6. The van der Waals surface area contributed by atoms with Gasteiger partial charge in [0.05, 0.1) is 6.42 Å². The van der Waals surface area contributed by atoms with E-state index in [0.717, 1.165) is 11.9 Å². The fraction of sp³-hybridized carbons (Fsp3) is 0.200. The molecule has 0 amide bonds. The zero-order valence-corrected chi connectivity index (χ0v) is 12.6. The van der Waals surface area contributed by atoms with Crippen molar-refractivity contribution in [3.8, 4) is 0 Å². The molecule has 0 unspecified atom stereocenters. The summed E-state index contributed by atoms with van der Waals surface area (Å²) in [5, 5.41) is 10.0. The first-order valence-electron chi connectivity index (χ1n) is 6.93. The highest BCUT2D eigenvalue weighted by Crippen LogP contribution is 2.24. The second-order valence-electron chi connectivity index (χ2n) is 4.76. The van der Waals surface area contributed by atoms with Gasteiger partial charge in [0.1, 0.15) is 12.0 Å². The van der Waals surface area contributed by atoms with Gasteiger partial charge in [-0.25, -0.2) is 9.98 Å². The monoisotopic (exact) mass is 336 g/mol. The topological polar surface area (TPSA) is 89.8 Å². The maximum atomic E-state index is 12.1. The van der Waals surface area contributed by atoms with Crippen LogP contribution < -0.4 is 5.32 Å². The molecule has 2 aromatic rings. The van der Waals surface area contributed by atoms with Crippen molar-refractivity contribution in [3.05, 3.63) is 36.7 Å². The van der Waals surface area contributed by atoms with E-state index in [2.05, 4.69) is 31.8 Å². The minimum atomic E-state index is -4.22. The van der Waals surface area contributed by atoms with E-state index >= 15 is 0 Å². The Bertz CT molecular complexity index is 788. The largest absolute Gasteiger partial charge is 0.390 e. The second kappa shape index (κ2) is 7.53. The Kier molecular flexibility index (Phi) is 5.46. The van der Waals surface area contributed by atoms with E-state index in [1.807, 2.05) is 0 Å². The van der Waals surface area contributed by atoms with E-state index in [1.54, 1.807) is 18.3 Å². The third kappa shape index (κ3) is 4.77. The summed E-state index contributed by atoms with van der Waals surface area (Å²) in [6.45, 7) is 3.63. The molecule has 2 aromatic heterocycles. The number of hydrogen-bond acceptors (Lipinski definition) is 4. The van der Waals surface area contributed by atoms with Gasteiger partial charge < -0.3 is 10.3 Å². The number of nitrogens with one attached hydrogen (secondary N) is 3. The standard InChI is InChI=1S/C15H15F3N6/c1-10(3-2-5-20-9-19)11-7-22-13-12(11)8-23-14(24-13)21-6-4-15(16,17)18/h2-3,5,7-9,19H,1,4,6H2,(H2,21,22,23,24)/b3-2-,19-9?,20-5?. The minimum Gasteiger partial charge on any atom is -0.354 e. The van der Waals surface area contributed by atoms with Gasteiger partial charge in [-0.3, -0.25) is 5.41 Å². The third-order valence-electron chi connectivity index (χ3n) is 3.01. The molecule has 0 aliphatic heterocycles. The van der Waals surface area contributed by atoms with Gasteiger partial charge in [0.25, 0.3) is 0 Å². The van der Waals surface area contributed by atoms with E-state index in [1.165, 1.54) is 12.4 Å². The summed E-state index contributed by atoms with van der Waals surface area (Å²) < 4.78 is 36.4. The van der Waals surface area contributed by atoms with E-state index in [-0.39, 0.29) is 12.5 Å². The molecule has 0 radical (unpaired) electrons. The SMILES string of the molecule is C=C(/C=C\C=NC=N)c1c[nH]c2nc(NCCC(F)(F)F)ncc12. The Balaban J connectivity index is 2.10. The van der Waals surface area contributed by atoms with Gasteiger partial charge in [-0.2, -0.15) is 18.2 Å². The van der Waals surface area contributed by atoms with Crippen LogP contribution in [0.1, 0.15) is 12.0 Å². The third-order valence-corrected chi connectivity index (χ3v) is 3.01. The Morgan fingerprint density at radius 3 is 2.96 bits per heavy atom. The lowest BCUT2D eigenvalue weighted by Gasteiger charge is -2.07. The van der Waals surface area contributed by atoms with Crippen molar-refractivity contribution in [3.63, 3.8) is 0 Å². The zero-order valence-electron chi connectivity index (χ0n) is 12.6. The van der Waals surface area contributed by atoms with E-state index in [4.69, 9.17) is 5.41 Å². The molecule has 0 aliphatic rings. The van der Waals surface area contributed by atoms with Gasteiger partial charge in [0, 0.05) is 36.1 Å². The van der Waals surface area contributed by atoms with Crippen LogP contribution in [0.15, 0.2) is 36.1 Å². The highest BCUT2D eigenvalue weighted by atomic mass is 19.4. The average Bonchev–Trinajstić information content (AvgIpc) is 2.93. The maximum absolute atomic E-state index is 12.1. The number of fused-ring (bicyclic) bond motifs is 1. The van der Waals surface area contributed by atoms with Gasteiger partial charge in [-0.1, -0.05) is 12.7 Å². The van der Waals surface area contributed by atoms with Gasteiger partial charge >= 0.3 is 6.18 Å². The predicted octanol–water partition coefficient (Wildman–Crippen LogP) is 3.57. The number of halogens is 3. The predicted molar refractivity (Wildman–Crippen MR) is 88.5 cm³/mol. The second-order valence-corrected chi connectivity index (χ2v) is 4.76. The first-order valence-corrected chi connectivity index (χ1v) is 6.93. The molecule has 0 bridgehead atoms. The lowest BCUT2D eigenvalue weighted by molar-refractivity contribution is -0.131. The van der Waals surface area contributed by atoms with Crippen LogP contribution in [0.5, 0.6) is 0 Å². The molecule has 9 heteroatoms. The molecule has 24 heavy (non-hydrogen) atoms. The summed E-state index contributed by atoms with van der Waals surface area (Å²) >= 11 is 0. The van der Waals surface area contributed by atoms with Crippen molar-refractivity contribution in [2.75, 3.05) is 11.9 Å². The van der Waals surface area contributed by atoms with Crippen molar-refractivity contribution in [2.45, 2.75) is 12.6 Å². The molecule has 126 valence electrons. The number of aromatic amines is 1. The Morgan fingerprint density at radius 1 is 1.46 bits per heavy atom. The van der Waals surface area contributed by atoms with Crippen molar-refractivity contribution in [1.82, 2.24) is 15.0 Å². The lowest BCUT2D eigenvalue weighted by atomic mass is 10.1. The number of hydrogen-bond donors (Lipinski definition) is 3. The molecular formula is C15H15F3N6. The molecule has 0 saturated heterocycles. The quantitative estimate of drug-likeness (QED) is 0.410. The lowest BCUT2D eigenvalue weighted by Crippen LogP contribution is -2.15. The van der Waals surface area contributed by atoms with E-state index in [9.17, 15) is 13.2 Å². The normalized spacial score (nSPS) is 12.3. The first-order chi connectivity index (χ1) is 11.4. The minimum absolute atomic E-state index is 0.124. The molecule has 0 fully saturated rings. The number of anilines is 1. The smallest absolute Gasteiger partial charge is 0.354 e. The summed E-state index contributed by atoms with van der Waals surface area (Å²) in [7, 11) is 0. The van der Waals surface area contributed by atoms with Crippen LogP contribution in [0.25, 0.3) is 16.6 Å². The number of H-pyrrole nitrogens is 1. The van der Waals surface area contributed by atoms with Crippen molar-refractivity contribution in [2.24, 2.45) is 4.99 Å². The highest BCUT2D eigenvalue weighted by Gasteiger charge is 2.26. The van der Waals surface area contributed by atoms with Crippen molar-refractivity contribution in [1.29, 1.82) is 5.41 Å². The number of rotatable bonds is 7. The van der Waals surface area contributed by atoms with Crippen LogP contribution in [-0.4, -0.2) is 40.2 Å². The fourth-order valence-corrected chi connectivity index (χ4v) is 1.92. The van der Waals surface area contributed by atoms with Gasteiger partial charge in [0.15, 0.2) is 0 Å². The number of nitrogens with zero attached hydrogens (tertiary/aromatic N) is 3. The molecule has 2 heterocycles. The number of alkyl halides is 3. The van der Waals surface area contributed by atoms with Crippen LogP contribution >= 0.6 is 0 Å². The number of aromatic nitrogens is 3. The van der Waals surface area contributed by atoms with Gasteiger partial charge in [-0.05, 0) is 11.6 Å². The summed E-state index contributed by atoms with van der Waals surface area (Å²) in [5.74, 6) is 0.124. The molecule has 2 rings (SSSR count). The first kappa shape index (κ1) is 17.4.